The van der Waals surface area contributed by atoms with Crippen LogP contribution in [0, 0.1) is 0 Å². The Labute approximate surface area is 137 Å². The van der Waals surface area contributed by atoms with Crippen LogP contribution >= 0.6 is 0 Å². The molecule has 4 heteroatoms. The molecule has 1 aromatic carbocycles. The van der Waals surface area contributed by atoms with E-state index in [4.69, 9.17) is 4.74 Å². The Morgan fingerprint density at radius 1 is 1.04 bits per heavy atom. The molecule has 0 radical (unpaired) electrons. The van der Waals surface area contributed by atoms with Gasteiger partial charge in [-0.1, -0.05) is 35.9 Å². The molecule has 0 unspecified atom stereocenters. The molecule has 0 atom stereocenters. The number of rotatable bonds is 4. The average molecular weight is 316 g/mol. The minimum absolute atomic E-state index is 0.0762. The summed E-state index contributed by atoms with van der Waals surface area (Å²) in [4.78, 5) is 23.8. The number of Topliss-reactive ketones (excluding diaryl/α,β-unsaturated/α-hetero) is 2. The van der Waals surface area contributed by atoms with Gasteiger partial charge >= 0.3 is 0 Å². The molecule has 4 nitrogen and oxygen atoms in total. The van der Waals surface area contributed by atoms with Crippen LogP contribution in [0.3, 0.4) is 0 Å². The molecule has 0 spiro atoms. The molecule has 0 heterocycles. The highest BCUT2D eigenvalue weighted by Gasteiger charge is 2.31. The van der Waals surface area contributed by atoms with Crippen LogP contribution in [0.4, 0.5) is 0 Å². The van der Waals surface area contributed by atoms with E-state index in [1.165, 1.54) is 0 Å². The molecule has 0 fully saturated rings. The number of aliphatic hydroxyl groups is 1. The summed E-state index contributed by atoms with van der Waals surface area (Å²) < 4.78 is 4.83. The lowest BCUT2D eigenvalue weighted by Crippen LogP contribution is -2.23. The largest absolute Gasteiger partial charge is 0.507 e. The zero-order valence-corrected chi connectivity index (χ0v) is 14.2. The molecule has 1 aliphatic rings. The second kappa shape index (κ2) is 9.06. The van der Waals surface area contributed by atoms with Crippen LogP contribution in [0.1, 0.15) is 50.0 Å². The van der Waals surface area contributed by atoms with Gasteiger partial charge in [-0.3, -0.25) is 9.59 Å². The molecule has 0 saturated heterocycles. The van der Waals surface area contributed by atoms with Gasteiger partial charge in [-0.15, -0.1) is 0 Å². The maximum atomic E-state index is 11.9. The van der Waals surface area contributed by atoms with E-state index < -0.39 is 11.6 Å². The molecular formula is C19H24O4. The predicted octanol–water partition coefficient (Wildman–Crippen LogP) is 4.12. The van der Waals surface area contributed by atoms with Crippen molar-refractivity contribution in [3.8, 4) is 0 Å². The van der Waals surface area contributed by atoms with Gasteiger partial charge < -0.3 is 9.84 Å². The molecule has 0 aromatic heterocycles. The fourth-order valence-electron chi connectivity index (χ4n) is 2.12. The molecule has 124 valence electrons. The van der Waals surface area contributed by atoms with Crippen molar-refractivity contribution in [1.29, 1.82) is 0 Å². The Morgan fingerprint density at radius 3 is 2.09 bits per heavy atom. The molecule has 1 aromatic rings. The van der Waals surface area contributed by atoms with E-state index in [1.807, 2.05) is 33.8 Å². The fourth-order valence-corrected chi connectivity index (χ4v) is 2.12. The Bertz CT molecular complexity index is 633. The number of benzene rings is 1. The zero-order valence-electron chi connectivity index (χ0n) is 14.2. The summed E-state index contributed by atoms with van der Waals surface area (Å²) in [5, 5.41) is 10.1. The number of ether oxygens (including phenoxy) is 1. The number of hydrogen-bond acceptors (Lipinski definition) is 4. The van der Waals surface area contributed by atoms with E-state index >= 15 is 0 Å². The van der Waals surface area contributed by atoms with Crippen molar-refractivity contribution < 1.29 is 19.4 Å². The lowest BCUT2D eigenvalue weighted by molar-refractivity contribution is -0.112. The van der Waals surface area contributed by atoms with Crippen molar-refractivity contribution in [2.24, 2.45) is 0 Å². The van der Waals surface area contributed by atoms with Gasteiger partial charge in [0.05, 0.1) is 0 Å². The van der Waals surface area contributed by atoms with E-state index in [0.29, 0.717) is 5.56 Å². The SMILES string of the molecule is CC(C)=CCC1=C(O)c2ccccc2C(=O)C1=O.CCOCC. The van der Waals surface area contributed by atoms with Gasteiger partial charge in [-0.25, -0.2) is 0 Å². The van der Waals surface area contributed by atoms with Crippen molar-refractivity contribution in [3.63, 3.8) is 0 Å². The molecule has 2 rings (SSSR count). The summed E-state index contributed by atoms with van der Waals surface area (Å²) in [6.07, 6.45) is 2.11. The smallest absolute Gasteiger partial charge is 0.234 e. The standard InChI is InChI=1S/C15H14O3.C4H10O/c1-9(2)7-8-12-13(16)10-5-3-4-6-11(10)14(17)15(12)18;1-3-5-4-2/h3-7,16H,8H2,1-2H3;3-4H2,1-2H3. The third kappa shape index (κ3) is 4.89. The summed E-state index contributed by atoms with van der Waals surface area (Å²) in [5.41, 5.74) is 1.94. The van der Waals surface area contributed by atoms with Gasteiger partial charge in [-0.05, 0) is 34.1 Å². The zero-order chi connectivity index (χ0) is 17.4. The van der Waals surface area contributed by atoms with Gasteiger partial charge in [0.25, 0.3) is 0 Å². The molecular weight excluding hydrogens is 292 g/mol. The second-order valence-electron chi connectivity index (χ2n) is 5.30. The normalized spacial score (nSPS) is 13.2. The Morgan fingerprint density at radius 2 is 1.61 bits per heavy atom. The molecule has 0 amide bonds. The number of ketones is 2. The van der Waals surface area contributed by atoms with Crippen molar-refractivity contribution in [2.45, 2.75) is 34.1 Å². The van der Waals surface area contributed by atoms with E-state index in [9.17, 15) is 14.7 Å². The number of allylic oxidation sites excluding steroid dienone is 3. The Balaban J connectivity index is 0.000000463. The average Bonchev–Trinajstić information content (AvgIpc) is 2.54. The summed E-state index contributed by atoms with van der Waals surface area (Å²) in [5.74, 6) is -1.23. The quantitative estimate of drug-likeness (QED) is 0.670. The van der Waals surface area contributed by atoms with E-state index in [-0.39, 0.29) is 23.3 Å². The van der Waals surface area contributed by atoms with Crippen LogP contribution in [0.5, 0.6) is 0 Å². The van der Waals surface area contributed by atoms with Gasteiger partial charge in [-0.2, -0.15) is 0 Å². The molecule has 1 N–H and O–H groups in total. The first-order valence-electron chi connectivity index (χ1n) is 7.75. The maximum Gasteiger partial charge on any atom is 0.234 e. The van der Waals surface area contributed by atoms with Gasteiger partial charge in [0.15, 0.2) is 0 Å². The van der Waals surface area contributed by atoms with E-state index in [1.54, 1.807) is 24.3 Å². The summed E-state index contributed by atoms with van der Waals surface area (Å²) in [6.45, 7) is 9.47. The first kappa shape index (κ1) is 18.8. The highest BCUT2D eigenvalue weighted by molar-refractivity contribution is 6.52. The lowest BCUT2D eigenvalue weighted by Gasteiger charge is -2.16. The number of carbonyl (C=O) groups is 2. The molecule has 0 aliphatic heterocycles. The van der Waals surface area contributed by atoms with Crippen molar-refractivity contribution in [1.82, 2.24) is 0 Å². The van der Waals surface area contributed by atoms with E-state index in [2.05, 4.69) is 0 Å². The Hall–Kier alpha value is -2.20. The fraction of sp³-hybridized carbons (Fsp3) is 0.368. The molecule has 23 heavy (non-hydrogen) atoms. The Kier molecular flexibility index (Phi) is 7.42. The lowest BCUT2D eigenvalue weighted by atomic mass is 9.87. The number of aliphatic hydroxyl groups excluding tert-OH is 1. The third-order valence-corrected chi connectivity index (χ3v) is 3.32. The highest BCUT2D eigenvalue weighted by atomic mass is 16.5. The van der Waals surface area contributed by atoms with Gasteiger partial charge in [0.1, 0.15) is 5.76 Å². The van der Waals surface area contributed by atoms with Gasteiger partial charge in [0.2, 0.25) is 11.6 Å². The maximum absolute atomic E-state index is 11.9. The monoisotopic (exact) mass is 316 g/mol. The number of carbonyl (C=O) groups excluding carboxylic acids is 2. The van der Waals surface area contributed by atoms with Crippen LogP contribution < -0.4 is 0 Å². The predicted molar refractivity (Wildman–Crippen MR) is 91.5 cm³/mol. The first-order chi connectivity index (χ1) is 10.9. The van der Waals surface area contributed by atoms with Crippen LogP contribution in [-0.2, 0) is 9.53 Å². The first-order valence-corrected chi connectivity index (χ1v) is 7.75. The van der Waals surface area contributed by atoms with Crippen LogP contribution in [0.25, 0.3) is 5.76 Å². The topological polar surface area (TPSA) is 63.6 Å². The van der Waals surface area contributed by atoms with Crippen LogP contribution in [-0.4, -0.2) is 29.9 Å². The van der Waals surface area contributed by atoms with E-state index in [0.717, 1.165) is 18.8 Å². The van der Waals surface area contributed by atoms with Crippen molar-refractivity contribution >= 4 is 17.3 Å². The summed E-state index contributed by atoms with van der Waals surface area (Å²) in [7, 11) is 0. The third-order valence-electron chi connectivity index (χ3n) is 3.32. The van der Waals surface area contributed by atoms with Crippen molar-refractivity contribution in [3.05, 3.63) is 52.6 Å². The minimum Gasteiger partial charge on any atom is -0.507 e. The number of fused-ring (bicyclic) bond motifs is 1. The highest BCUT2D eigenvalue weighted by Crippen LogP contribution is 2.29. The summed E-state index contributed by atoms with van der Waals surface area (Å²) in [6, 6.07) is 6.62. The van der Waals surface area contributed by atoms with Crippen molar-refractivity contribution in [2.75, 3.05) is 13.2 Å². The minimum atomic E-state index is -0.608. The van der Waals surface area contributed by atoms with Crippen LogP contribution in [0.15, 0.2) is 41.5 Å². The molecule has 0 bridgehead atoms. The number of hydrogen-bond donors (Lipinski definition) is 1. The van der Waals surface area contributed by atoms with Crippen LogP contribution in [0.2, 0.25) is 0 Å². The second-order valence-corrected chi connectivity index (χ2v) is 5.30. The molecule has 1 aliphatic carbocycles. The van der Waals surface area contributed by atoms with Gasteiger partial charge in [0, 0.05) is 29.9 Å². The molecule has 0 saturated carbocycles. The summed E-state index contributed by atoms with van der Waals surface area (Å²) >= 11 is 0.